The summed E-state index contributed by atoms with van der Waals surface area (Å²) in [6, 6.07) is 7.97. The first-order valence-corrected chi connectivity index (χ1v) is 8.86. The molecule has 1 aliphatic rings. The van der Waals surface area contributed by atoms with Gasteiger partial charge in [0, 0.05) is 12.0 Å². The number of unbranched alkanes of at least 4 members (excludes halogenated alkanes) is 2. The Hall–Kier alpha value is -1.02. The van der Waals surface area contributed by atoms with Crippen molar-refractivity contribution in [3.8, 4) is 5.75 Å². The summed E-state index contributed by atoms with van der Waals surface area (Å²) in [6.07, 6.45) is 6.30. The highest BCUT2D eigenvalue weighted by molar-refractivity contribution is 5.34. The Balaban J connectivity index is 2.18. The molecule has 1 aliphatic heterocycles. The van der Waals surface area contributed by atoms with Gasteiger partial charge in [-0.15, -0.1) is 0 Å². The SMILES string of the molecule is CCCCCN1CCC(CC(C)(C)C)(c2cccc(O)c2)C1. The van der Waals surface area contributed by atoms with Gasteiger partial charge >= 0.3 is 0 Å². The summed E-state index contributed by atoms with van der Waals surface area (Å²) >= 11 is 0. The van der Waals surface area contributed by atoms with Crippen LogP contribution in [0, 0.1) is 5.41 Å². The van der Waals surface area contributed by atoms with E-state index in [4.69, 9.17) is 0 Å². The average Bonchev–Trinajstić information content (AvgIpc) is 2.81. The van der Waals surface area contributed by atoms with E-state index in [-0.39, 0.29) is 5.41 Å². The molecule has 1 aromatic rings. The molecule has 22 heavy (non-hydrogen) atoms. The van der Waals surface area contributed by atoms with Crippen LogP contribution in [0.5, 0.6) is 5.75 Å². The minimum absolute atomic E-state index is 0.198. The second kappa shape index (κ2) is 7.04. The standard InChI is InChI=1S/C20H33NO/c1-5-6-7-12-21-13-11-20(16-21,15-19(2,3)4)17-9-8-10-18(22)14-17/h8-10,14,22H,5-7,11-13,15-16H2,1-4H3. The van der Waals surface area contributed by atoms with Crippen molar-refractivity contribution in [3.63, 3.8) is 0 Å². The molecule has 1 unspecified atom stereocenters. The molecule has 0 aromatic heterocycles. The van der Waals surface area contributed by atoms with E-state index in [0.717, 1.165) is 6.54 Å². The van der Waals surface area contributed by atoms with E-state index in [9.17, 15) is 5.11 Å². The number of nitrogens with zero attached hydrogens (tertiary/aromatic N) is 1. The third-order valence-corrected chi connectivity index (χ3v) is 4.84. The first-order valence-electron chi connectivity index (χ1n) is 8.86. The third-order valence-electron chi connectivity index (χ3n) is 4.84. The third kappa shape index (κ3) is 4.49. The van der Waals surface area contributed by atoms with E-state index in [1.807, 2.05) is 12.1 Å². The largest absolute Gasteiger partial charge is 0.508 e. The molecule has 0 amide bonds. The van der Waals surface area contributed by atoms with Gasteiger partial charge in [-0.2, -0.15) is 0 Å². The van der Waals surface area contributed by atoms with Crippen LogP contribution < -0.4 is 0 Å². The van der Waals surface area contributed by atoms with Gasteiger partial charge in [-0.05, 0) is 55.5 Å². The van der Waals surface area contributed by atoms with Gasteiger partial charge in [0.15, 0.2) is 0 Å². The molecule has 2 nitrogen and oxygen atoms in total. The molecule has 0 aliphatic carbocycles. The highest BCUT2D eigenvalue weighted by atomic mass is 16.3. The van der Waals surface area contributed by atoms with Gasteiger partial charge in [0.1, 0.15) is 5.75 Å². The topological polar surface area (TPSA) is 23.5 Å². The first-order chi connectivity index (χ1) is 10.3. The van der Waals surface area contributed by atoms with Crippen LogP contribution in [0.1, 0.15) is 65.4 Å². The average molecular weight is 303 g/mol. The Morgan fingerprint density at radius 3 is 2.64 bits per heavy atom. The molecular weight excluding hydrogens is 270 g/mol. The van der Waals surface area contributed by atoms with Crippen LogP contribution in [0.15, 0.2) is 24.3 Å². The molecule has 1 N–H and O–H groups in total. The number of hydrogen-bond donors (Lipinski definition) is 1. The lowest BCUT2D eigenvalue weighted by molar-refractivity contribution is 0.236. The number of aromatic hydroxyl groups is 1. The van der Waals surface area contributed by atoms with Gasteiger partial charge < -0.3 is 10.0 Å². The zero-order valence-corrected chi connectivity index (χ0v) is 14.9. The van der Waals surface area contributed by atoms with Gasteiger partial charge in [0.2, 0.25) is 0 Å². The minimum Gasteiger partial charge on any atom is -0.508 e. The van der Waals surface area contributed by atoms with Gasteiger partial charge in [-0.1, -0.05) is 52.7 Å². The predicted octanol–water partition coefficient (Wildman–Crippen LogP) is 4.96. The Kier molecular flexibility index (Phi) is 5.55. The van der Waals surface area contributed by atoms with E-state index in [2.05, 4.69) is 38.7 Å². The molecule has 124 valence electrons. The first kappa shape index (κ1) is 17.3. The summed E-state index contributed by atoms with van der Waals surface area (Å²) in [7, 11) is 0. The predicted molar refractivity (Wildman–Crippen MR) is 94.4 cm³/mol. The number of benzene rings is 1. The Morgan fingerprint density at radius 2 is 2.00 bits per heavy atom. The van der Waals surface area contributed by atoms with Gasteiger partial charge in [-0.25, -0.2) is 0 Å². The summed E-state index contributed by atoms with van der Waals surface area (Å²) in [5, 5.41) is 9.91. The lowest BCUT2D eigenvalue weighted by Crippen LogP contribution is -2.35. The maximum absolute atomic E-state index is 9.91. The Morgan fingerprint density at radius 1 is 1.23 bits per heavy atom. The summed E-state index contributed by atoms with van der Waals surface area (Å²) in [5.74, 6) is 0.398. The second-order valence-corrected chi connectivity index (χ2v) is 8.30. The zero-order chi connectivity index (χ0) is 16.2. The lowest BCUT2D eigenvalue weighted by atomic mass is 9.69. The van der Waals surface area contributed by atoms with Crippen molar-refractivity contribution >= 4 is 0 Å². The molecule has 1 atom stereocenters. The molecule has 1 saturated heterocycles. The summed E-state index contributed by atoms with van der Waals surface area (Å²) < 4.78 is 0. The zero-order valence-electron chi connectivity index (χ0n) is 14.9. The smallest absolute Gasteiger partial charge is 0.115 e. The second-order valence-electron chi connectivity index (χ2n) is 8.30. The molecule has 1 fully saturated rings. The molecule has 2 rings (SSSR count). The van der Waals surface area contributed by atoms with E-state index >= 15 is 0 Å². The summed E-state index contributed by atoms with van der Waals surface area (Å²) in [6.45, 7) is 12.8. The molecule has 0 spiro atoms. The van der Waals surface area contributed by atoms with Gasteiger partial charge in [0.05, 0.1) is 0 Å². The molecule has 0 radical (unpaired) electrons. The van der Waals surface area contributed by atoms with Crippen LogP contribution in [0.25, 0.3) is 0 Å². The summed E-state index contributed by atoms with van der Waals surface area (Å²) in [5.41, 5.74) is 1.81. The summed E-state index contributed by atoms with van der Waals surface area (Å²) in [4.78, 5) is 2.63. The number of phenols is 1. The van der Waals surface area contributed by atoms with Crippen LogP contribution in [0.2, 0.25) is 0 Å². The highest BCUT2D eigenvalue weighted by Crippen LogP contribution is 2.44. The van der Waals surface area contributed by atoms with Crippen LogP contribution in [-0.4, -0.2) is 29.6 Å². The van der Waals surface area contributed by atoms with E-state index in [0.29, 0.717) is 11.2 Å². The Bertz CT molecular complexity index is 477. The van der Waals surface area contributed by atoms with Crippen molar-refractivity contribution < 1.29 is 5.11 Å². The van der Waals surface area contributed by atoms with Crippen molar-refractivity contribution in [2.75, 3.05) is 19.6 Å². The molecule has 1 heterocycles. The van der Waals surface area contributed by atoms with Crippen molar-refractivity contribution in [1.82, 2.24) is 4.90 Å². The number of rotatable bonds is 6. The maximum Gasteiger partial charge on any atom is 0.115 e. The van der Waals surface area contributed by atoms with Crippen molar-refractivity contribution in [3.05, 3.63) is 29.8 Å². The molecule has 0 saturated carbocycles. The number of likely N-dealkylation sites (tertiary alicyclic amines) is 1. The van der Waals surface area contributed by atoms with E-state index in [1.54, 1.807) is 6.07 Å². The lowest BCUT2D eigenvalue weighted by Gasteiger charge is -2.36. The Labute approximate surface area is 136 Å². The quantitative estimate of drug-likeness (QED) is 0.751. The molecule has 0 bridgehead atoms. The van der Waals surface area contributed by atoms with E-state index < -0.39 is 0 Å². The van der Waals surface area contributed by atoms with Crippen LogP contribution in [0.4, 0.5) is 0 Å². The van der Waals surface area contributed by atoms with Crippen LogP contribution >= 0.6 is 0 Å². The van der Waals surface area contributed by atoms with Crippen molar-refractivity contribution in [1.29, 1.82) is 0 Å². The van der Waals surface area contributed by atoms with Crippen molar-refractivity contribution in [2.45, 2.75) is 65.2 Å². The van der Waals surface area contributed by atoms with Crippen LogP contribution in [0.3, 0.4) is 0 Å². The fourth-order valence-electron chi connectivity index (χ4n) is 4.07. The molecule has 1 aromatic carbocycles. The highest BCUT2D eigenvalue weighted by Gasteiger charge is 2.41. The monoisotopic (exact) mass is 303 g/mol. The number of phenolic OH excluding ortho intramolecular Hbond substituents is 1. The van der Waals surface area contributed by atoms with Crippen LogP contribution in [-0.2, 0) is 5.41 Å². The van der Waals surface area contributed by atoms with Gasteiger partial charge in [0.25, 0.3) is 0 Å². The normalized spacial score (nSPS) is 23.1. The fourth-order valence-corrected chi connectivity index (χ4v) is 4.07. The van der Waals surface area contributed by atoms with Gasteiger partial charge in [-0.3, -0.25) is 0 Å². The fraction of sp³-hybridized carbons (Fsp3) is 0.700. The molecule has 2 heteroatoms. The maximum atomic E-state index is 9.91. The number of hydrogen-bond acceptors (Lipinski definition) is 2. The minimum atomic E-state index is 0.198. The molecular formula is C20H33NO. The van der Waals surface area contributed by atoms with E-state index in [1.165, 1.54) is 50.8 Å². The van der Waals surface area contributed by atoms with Crippen molar-refractivity contribution in [2.24, 2.45) is 5.41 Å².